The van der Waals surface area contributed by atoms with Gasteiger partial charge in [-0.2, -0.15) is 0 Å². The molecule has 0 radical (unpaired) electrons. The molecule has 0 N–H and O–H groups in total. The lowest BCUT2D eigenvalue weighted by molar-refractivity contribution is -0.123. The first-order valence-corrected chi connectivity index (χ1v) is 11.6. The molecule has 1 saturated heterocycles. The summed E-state index contributed by atoms with van der Waals surface area (Å²) < 4.78 is 13.4. The van der Waals surface area contributed by atoms with Gasteiger partial charge >= 0.3 is 0 Å². The molecule has 1 spiro atoms. The number of anilines is 1. The van der Waals surface area contributed by atoms with Crippen LogP contribution in [0.5, 0.6) is 0 Å². The summed E-state index contributed by atoms with van der Waals surface area (Å²) in [5.74, 6) is 0.112. The molecule has 162 valence electrons. The summed E-state index contributed by atoms with van der Waals surface area (Å²) in [5.41, 5.74) is 5.19. The second kappa shape index (κ2) is 7.78. The normalized spacial score (nSPS) is 19.7. The Hall–Kier alpha value is -3.12. The van der Waals surface area contributed by atoms with Crippen LogP contribution in [-0.2, 0) is 16.2 Å². The van der Waals surface area contributed by atoms with E-state index in [2.05, 4.69) is 0 Å². The van der Waals surface area contributed by atoms with Crippen molar-refractivity contribution in [3.8, 4) is 0 Å². The van der Waals surface area contributed by atoms with Crippen LogP contribution in [0, 0.1) is 19.7 Å². The minimum Gasteiger partial charge on any atom is -0.311 e. The lowest BCUT2D eigenvalue weighted by atomic mass is 10.0. The third kappa shape index (κ3) is 3.21. The van der Waals surface area contributed by atoms with Crippen molar-refractivity contribution >= 4 is 29.3 Å². The molecule has 2 amide bonds. The number of aryl methyl sites for hydroxylation is 2. The van der Waals surface area contributed by atoms with Crippen molar-refractivity contribution in [2.45, 2.75) is 25.3 Å². The summed E-state index contributed by atoms with van der Waals surface area (Å²) in [5, 5.41) is 0. The summed E-state index contributed by atoms with van der Waals surface area (Å²) in [7, 11) is 0. The number of hydrogen-bond acceptors (Lipinski definition) is 3. The molecule has 1 atom stereocenters. The molecule has 0 saturated carbocycles. The Bertz CT molecular complexity index is 1210. The quantitative estimate of drug-likeness (QED) is 0.567. The van der Waals surface area contributed by atoms with Crippen molar-refractivity contribution < 1.29 is 14.0 Å². The van der Waals surface area contributed by atoms with Gasteiger partial charge in [-0.15, -0.1) is 11.8 Å². The molecular weight excluding hydrogens is 423 g/mol. The van der Waals surface area contributed by atoms with Crippen LogP contribution in [0.3, 0.4) is 0 Å². The molecule has 2 aliphatic rings. The van der Waals surface area contributed by atoms with E-state index >= 15 is 0 Å². The van der Waals surface area contributed by atoms with Gasteiger partial charge in [0.15, 0.2) is 4.87 Å². The van der Waals surface area contributed by atoms with Crippen molar-refractivity contribution in [3.05, 3.63) is 100 Å². The zero-order chi connectivity index (χ0) is 22.5. The first-order chi connectivity index (χ1) is 15.4. The number of rotatable bonds is 3. The first-order valence-electron chi connectivity index (χ1n) is 10.6. The summed E-state index contributed by atoms with van der Waals surface area (Å²) in [6.07, 6.45) is 0. The van der Waals surface area contributed by atoms with Gasteiger partial charge in [0.25, 0.3) is 11.8 Å². The Morgan fingerprint density at radius 1 is 1.00 bits per heavy atom. The molecule has 3 aromatic rings. The standard InChI is InChI=1S/C26H23FN2O2S/c1-17-3-8-20(9-4-17)24(30)29-13-14-32-26(29)22-15-18(2)5-12-23(22)28(25(26)31)16-19-6-10-21(27)11-7-19/h3-12,15H,13-14,16H2,1-2H3. The average molecular weight is 447 g/mol. The van der Waals surface area contributed by atoms with E-state index in [1.807, 2.05) is 56.3 Å². The SMILES string of the molecule is Cc1ccc(C(=O)N2CCSC23C(=O)N(Cc2ccc(F)cc2)c2ccc(C)cc23)cc1. The van der Waals surface area contributed by atoms with Crippen molar-refractivity contribution in [2.24, 2.45) is 0 Å². The Labute approximate surface area is 191 Å². The third-order valence-corrected chi connectivity index (χ3v) is 7.57. The molecule has 1 unspecified atom stereocenters. The maximum Gasteiger partial charge on any atom is 0.268 e. The van der Waals surface area contributed by atoms with Gasteiger partial charge in [-0.05, 0) is 49.7 Å². The van der Waals surface area contributed by atoms with Gasteiger partial charge in [0.05, 0.1) is 12.2 Å². The molecule has 3 aromatic carbocycles. The second-order valence-electron chi connectivity index (χ2n) is 8.35. The monoisotopic (exact) mass is 446 g/mol. The van der Waals surface area contributed by atoms with E-state index in [1.165, 1.54) is 23.9 Å². The molecule has 0 aliphatic carbocycles. The van der Waals surface area contributed by atoms with Gasteiger partial charge in [-0.1, -0.05) is 47.5 Å². The number of fused-ring (bicyclic) bond motifs is 2. The summed E-state index contributed by atoms with van der Waals surface area (Å²) in [4.78, 5) is 30.0. The molecule has 1 fully saturated rings. The largest absolute Gasteiger partial charge is 0.311 e. The Morgan fingerprint density at radius 3 is 2.41 bits per heavy atom. The number of hydrogen-bond donors (Lipinski definition) is 0. The van der Waals surface area contributed by atoms with Gasteiger partial charge in [-0.3, -0.25) is 9.59 Å². The smallest absolute Gasteiger partial charge is 0.268 e. The number of halogens is 1. The average Bonchev–Trinajstić information content (AvgIpc) is 3.32. The van der Waals surface area contributed by atoms with Crippen molar-refractivity contribution in [2.75, 3.05) is 17.2 Å². The summed E-state index contributed by atoms with van der Waals surface area (Å²) in [6.45, 7) is 4.80. The molecular formula is C26H23FN2O2S. The Balaban J connectivity index is 1.58. The highest BCUT2D eigenvalue weighted by atomic mass is 32.2. The summed E-state index contributed by atoms with van der Waals surface area (Å²) in [6, 6.07) is 19.6. The Morgan fingerprint density at radius 2 is 1.69 bits per heavy atom. The van der Waals surface area contributed by atoms with E-state index in [1.54, 1.807) is 21.9 Å². The highest BCUT2D eigenvalue weighted by molar-refractivity contribution is 8.01. The van der Waals surface area contributed by atoms with Gasteiger partial charge < -0.3 is 9.80 Å². The number of nitrogens with zero attached hydrogens (tertiary/aromatic N) is 2. The fourth-order valence-corrected chi connectivity index (χ4v) is 5.96. The molecule has 0 aromatic heterocycles. The minimum absolute atomic E-state index is 0.120. The Kier molecular flexibility index (Phi) is 5.05. The number of thioether (sulfide) groups is 1. The summed E-state index contributed by atoms with van der Waals surface area (Å²) >= 11 is 1.52. The molecule has 5 rings (SSSR count). The number of amides is 2. The van der Waals surface area contributed by atoms with Crippen molar-refractivity contribution in [1.82, 2.24) is 4.90 Å². The first kappa shape index (κ1) is 20.8. The molecule has 2 heterocycles. The number of carbonyl (C=O) groups is 2. The zero-order valence-electron chi connectivity index (χ0n) is 18.0. The van der Waals surface area contributed by atoms with E-state index in [-0.39, 0.29) is 17.6 Å². The van der Waals surface area contributed by atoms with E-state index in [9.17, 15) is 14.0 Å². The van der Waals surface area contributed by atoms with Gasteiger partial charge in [0, 0.05) is 23.4 Å². The van der Waals surface area contributed by atoms with Crippen LogP contribution in [0.4, 0.5) is 10.1 Å². The minimum atomic E-state index is -1.08. The van der Waals surface area contributed by atoms with Gasteiger partial charge in [0.1, 0.15) is 5.82 Å². The van der Waals surface area contributed by atoms with Crippen LogP contribution in [0.15, 0.2) is 66.7 Å². The second-order valence-corrected chi connectivity index (χ2v) is 9.64. The fraction of sp³-hybridized carbons (Fsp3) is 0.231. The molecule has 6 heteroatoms. The van der Waals surface area contributed by atoms with Crippen LogP contribution in [0.2, 0.25) is 0 Å². The lowest BCUT2D eigenvalue weighted by Gasteiger charge is -2.33. The number of carbonyl (C=O) groups excluding carboxylic acids is 2. The maximum absolute atomic E-state index is 14.0. The topological polar surface area (TPSA) is 40.6 Å². The van der Waals surface area contributed by atoms with E-state index in [4.69, 9.17) is 0 Å². The highest BCUT2D eigenvalue weighted by Gasteiger charge is 2.59. The molecule has 2 aliphatic heterocycles. The van der Waals surface area contributed by atoms with Crippen molar-refractivity contribution in [3.63, 3.8) is 0 Å². The molecule has 0 bridgehead atoms. The number of benzene rings is 3. The molecule has 4 nitrogen and oxygen atoms in total. The van der Waals surface area contributed by atoms with E-state index < -0.39 is 4.87 Å². The van der Waals surface area contributed by atoms with E-state index in [0.29, 0.717) is 24.4 Å². The third-order valence-electron chi connectivity index (χ3n) is 6.15. The predicted molar refractivity (Wildman–Crippen MR) is 125 cm³/mol. The predicted octanol–water partition coefficient (Wildman–Crippen LogP) is 5.03. The maximum atomic E-state index is 14.0. The van der Waals surface area contributed by atoms with Gasteiger partial charge in [0.2, 0.25) is 0 Å². The van der Waals surface area contributed by atoms with Crippen LogP contribution in [0.25, 0.3) is 0 Å². The van der Waals surface area contributed by atoms with Crippen LogP contribution in [-0.4, -0.2) is 29.0 Å². The van der Waals surface area contributed by atoms with Crippen LogP contribution in [0.1, 0.15) is 32.6 Å². The van der Waals surface area contributed by atoms with E-state index in [0.717, 1.165) is 27.9 Å². The highest BCUT2D eigenvalue weighted by Crippen LogP contribution is 2.55. The fourth-order valence-electron chi connectivity index (χ4n) is 4.51. The molecule has 32 heavy (non-hydrogen) atoms. The van der Waals surface area contributed by atoms with Crippen molar-refractivity contribution in [1.29, 1.82) is 0 Å². The zero-order valence-corrected chi connectivity index (χ0v) is 18.8. The van der Waals surface area contributed by atoms with Crippen LogP contribution < -0.4 is 4.90 Å². The van der Waals surface area contributed by atoms with Gasteiger partial charge in [-0.25, -0.2) is 4.39 Å². The van der Waals surface area contributed by atoms with Crippen LogP contribution >= 0.6 is 11.8 Å². The lowest BCUT2D eigenvalue weighted by Crippen LogP contribution is -2.50.